The summed E-state index contributed by atoms with van der Waals surface area (Å²) in [7, 11) is 0. The minimum Gasteiger partial charge on any atom is -0.489 e. The highest BCUT2D eigenvalue weighted by molar-refractivity contribution is 6.39. The fraction of sp³-hybridized carbons (Fsp3) is 0.286. The van der Waals surface area contributed by atoms with Crippen LogP contribution < -0.4 is 10.1 Å². The zero-order valence-corrected chi connectivity index (χ0v) is 21.4. The fourth-order valence-electron chi connectivity index (χ4n) is 4.27. The van der Waals surface area contributed by atoms with E-state index >= 15 is 0 Å². The summed E-state index contributed by atoms with van der Waals surface area (Å²) < 4.78 is 6.16. The van der Waals surface area contributed by atoms with Gasteiger partial charge in [0.15, 0.2) is 0 Å². The van der Waals surface area contributed by atoms with E-state index < -0.39 is 17.9 Å². The molecule has 2 atom stereocenters. The number of rotatable bonds is 9. The summed E-state index contributed by atoms with van der Waals surface area (Å²) in [5.41, 5.74) is 3.37. The highest BCUT2D eigenvalue weighted by atomic mass is 35.5. The molecule has 0 bridgehead atoms. The molecule has 0 saturated carbocycles. The van der Waals surface area contributed by atoms with Crippen molar-refractivity contribution in [3.63, 3.8) is 0 Å². The van der Waals surface area contributed by atoms with Crippen LogP contribution in [-0.4, -0.2) is 47.1 Å². The van der Waals surface area contributed by atoms with Gasteiger partial charge in [-0.05, 0) is 48.7 Å². The Kier molecular flexibility index (Phi) is 8.52. The molecule has 1 amide bonds. The van der Waals surface area contributed by atoms with Gasteiger partial charge in [0, 0.05) is 26.1 Å². The van der Waals surface area contributed by atoms with Crippen molar-refractivity contribution in [3.8, 4) is 5.75 Å². The third-order valence-electron chi connectivity index (χ3n) is 6.22. The first-order valence-electron chi connectivity index (χ1n) is 11.8. The van der Waals surface area contributed by atoms with Gasteiger partial charge in [0.1, 0.15) is 17.9 Å². The number of likely N-dealkylation sites (tertiary alicyclic amines) is 1. The molecule has 3 aromatic rings. The minimum atomic E-state index is -1.15. The van der Waals surface area contributed by atoms with Crippen LogP contribution in [-0.2, 0) is 17.8 Å². The topological polar surface area (TPSA) is 78.9 Å². The van der Waals surface area contributed by atoms with Gasteiger partial charge in [-0.1, -0.05) is 71.2 Å². The van der Waals surface area contributed by atoms with Crippen molar-refractivity contribution >= 4 is 35.1 Å². The Bertz CT molecular complexity index is 1190. The highest BCUT2D eigenvalue weighted by Crippen LogP contribution is 2.25. The summed E-state index contributed by atoms with van der Waals surface area (Å²) in [6, 6.07) is 19.4. The van der Waals surface area contributed by atoms with Crippen LogP contribution in [0.4, 0.5) is 0 Å². The molecule has 8 heteroatoms. The Morgan fingerprint density at radius 3 is 2.31 bits per heavy atom. The maximum atomic E-state index is 12.6. The molecular formula is C28H28Cl2N2O4. The number of carbonyl (C=O) groups excluding carboxylic acids is 1. The molecule has 0 aromatic heterocycles. The van der Waals surface area contributed by atoms with E-state index in [0.29, 0.717) is 0 Å². The van der Waals surface area contributed by atoms with Crippen LogP contribution >= 0.6 is 23.2 Å². The molecule has 0 unspecified atom stereocenters. The Labute approximate surface area is 220 Å². The second-order valence-electron chi connectivity index (χ2n) is 9.06. The number of benzene rings is 3. The number of aliphatic carboxylic acids is 1. The first kappa shape index (κ1) is 26.0. The van der Waals surface area contributed by atoms with Gasteiger partial charge in [-0.3, -0.25) is 9.69 Å². The van der Waals surface area contributed by atoms with Crippen LogP contribution in [0.2, 0.25) is 10.0 Å². The average Bonchev–Trinajstić information content (AvgIpc) is 3.27. The van der Waals surface area contributed by atoms with Crippen LogP contribution in [0.15, 0.2) is 66.7 Å². The molecular weight excluding hydrogens is 499 g/mol. The summed E-state index contributed by atoms with van der Waals surface area (Å²) in [4.78, 5) is 26.8. The number of carboxylic acids is 1. The zero-order valence-electron chi connectivity index (χ0n) is 19.9. The Hall–Kier alpha value is -3.06. The fourth-order valence-corrected chi connectivity index (χ4v) is 4.84. The van der Waals surface area contributed by atoms with Gasteiger partial charge in [0.25, 0.3) is 5.91 Å². The van der Waals surface area contributed by atoms with Crippen LogP contribution in [0.5, 0.6) is 5.75 Å². The van der Waals surface area contributed by atoms with Crippen molar-refractivity contribution in [2.45, 2.75) is 38.5 Å². The summed E-state index contributed by atoms with van der Waals surface area (Å²) in [5.74, 6) is -1.04. The molecule has 188 valence electrons. The summed E-state index contributed by atoms with van der Waals surface area (Å²) in [6.07, 6.45) is 1.16. The Balaban J connectivity index is 1.31. The highest BCUT2D eigenvalue weighted by Gasteiger charge is 2.25. The molecule has 1 saturated heterocycles. The Morgan fingerprint density at radius 2 is 1.67 bits per heavy atom. The van der Waals surface area contributed by atoms with E-state index in [9.17, 15) is 14.7 Å². The van der Waals surface area contributed by atoms with Crippen LogP contribution in [0, 0.1) is 6.92 Å². The van der Waals surface area contributed by atoms with Crippen molar-refractivity contribution < 1.29 is 19.4 Å². The first-order valence-corrected chi connectivity index (χ1v) is 12.6. The lowest BCUT2D eigenvalue weighted by atomic mass is 10.0. The molecule has 1 heterocycles. The smallest absolute Gasteiger partial charge is 0.326 e. The number of nitrogens with zero attached hydrogens (tertiary/aromatic N) is 1. The molecule has 1 fully saturated rings. The van der Waals surface area contributed by atoms with Crippen molar-refractivity contribution in [1.29, 1.82) is 0 Å². The number of carbonyl (C=O) groups is 2. The van der Waals surface area contributed by atoms with E-state index in [1.165, 1.54) is 23.3 Å². The lowest BCUT2D eigenvalue weighted by Gasteiger charge is -2.18. The SMILES string of the molecule is Cc1ccc(CN2CC[C@H](Oc3ccc(C[C@H](NC(=O)c4c(Cl)cccc4Cl)C(=O)O)cc3)C2)cc1. The maximum Gasteiger partial charge on any atom is 0.326 e. The van der Waals surface area contributed by atoms with Gasteiger partial charge >= 0.3 is 5.97 Å². The predicted molar refractivity (Wildman–Crippen MR) is 141 cm³/mol. The number of amides is 1. The summed E-state index contributed by atoms with van der Waals surface area (Å²) in [6.45, 7) is 4.82. The van der Waals surface area contributed by atoms with Crippen LogP contribution in [0.1, 0.15) is 33.5 Å². The average molecular weight is 527 g/mol. The van der Waals surface area contributed by atoms with Gasteiger partial charge in [0.2, 0.25) is 0 Å². The second kappa shape index (κ2) is 11.8. The van der Waals surface area contributed by atoms with Crippen molar-refractivity contribution in [2.75, 3.05) is 13.1 Å². The van der Waals surface area contributed by atoms with E-state index in [2.05, 4.69) is 41.4 Å². The van der Waals surface area contributed by atoms with Gasteiger partial charge in [0.05, 0.1) is 15.6 Å². The van der Waals surface area contributed by atoms with Crippen molar-refractivity contribution in [3.05, 3.63) is 99.0 Å². The number of nitrogens with one attached hydrogen (secondary N) is 1. The van der Waals surface area contributed by atoms with Crippen LogP contribution in [0.3, 0.4) is 0 Å². The molecule has 1 aliphatic rings. The first-order chi connectivity index (χ1) is 17.3. The van der Waals surface area contributed by atoms with E-state index in [0.717, 1.165) is 37.4 Å². The van der Waals surface area contributed by atoms with Gasteiger partial charge < -0.3 is 15.2 Å². The standard InChI is InChI=1S/C28H28Cl2N2O4/c1-18-5-7-20(8-6-18)16-32-14-13-22(17-32)36-21-11-9-19(10-12-21)15-25(28(34)35)31-27(33)26-23(29)3-2-4-24(26)30/h2-12,22,25H,13-17H2,1H3,(H,31,33)(H,34,35)/t22-,25-/m0/s1. The largest absolute Gasteiger partial charge is 0.489 e. The monoisotopic (exact) mass is 526 g/mol. The third-order valence-corrected chi connectivity index (χ3v) is 6.85. The molecule has 0 radical (unpaired) electrons. The number of hydrogen-bond acceptors (Lipinski definition) is 4. The predicted octanol–water partition coefficient (Wildman–Crippen LogP) is 5.38. The molecule has 6 nitrogen and oxygen atoms in total. The van der Waals surface area contributed by atoms with E-state index in [4.69, 9.17) is 27.9 Å². The van der Waals surface area contributed by atoms with E-state index in [-0.39, 0.29) is 28.1 Å². The summed E-state index contributed by atoms with van der Waals surface area (Å²) in [5, 5.41) is 12.5. The molecule has 2 N–H and O–H groups in total. The zero-order chi connectivity index (χ0) is 25.7. The number of carboxylic acid groups (broad SMARTS) is 1. The number of hydrogen-bond donors (Lipinski definition) is 2. The third kappa shape index (κ3) is 6.78. The van der Waals surface area contributed by atoms with Crippen LogP contribution in [0.25, 0.3) is 0 Å². The molecule has 36 heavy (non-hydrogen) atoms. The molecule has 3 aromatic carbocycles. The normalized spacial score (nSPS) is 16.5. The summed E-state index contributed by atoms with van der Waals surface area (Å²) >= 11 is 12.2. The minimum absolute atomic E-state index is 0.0591. The molecule has 0 aliphatic carbocycles. The van der Waals surface area contributed by atoms with Crippen molar-refractivity contribution in [1.82, 2.24) is 10.2 Å². The molecule has 0 spiro atoms. The van der Waals surface area contributed by atoms with Crippen molar-refractivity contribution in [2.24, 2.45) is 0 Å². The lowest BCUT2D eigenvalue weighted by Crippen LogP contribution is -2.42. The van der Waals surface area contributed by atoms with Gasteiger partial charge in [-0.25, -0.2) is 4.79 Å². The Morgan fingerprint density at radius 1 is 1.03 bits per heavy atom. The van der Waals surface area contributed by atoms with Gasteiger partial charge in [-0.2, -0.15) is 0 Å². The molecule has 1 aliphatic heterocycles. The number of ether oxygens (including phenoxy) is 1. The maximum absolute atomic E-state index is 12.6. The number of aryl methyl sites for hydroxylation is 1. The second-order valence-corrected chi connectivity index (χ2v) is 9.87. The lowest BCUT2D eigenvalue weighted by molar-refractivity contribution is -0.139. The quantitative estimate of drug-likeness (QED) is 0.391. The molecule has 4 rings (SSSR count). The van der Waals surface area contributed by atoms with E-state index in [1.54, 1.807) is 6.07 Å². The van der Waals surface area contributed by atoms with E-state index in [1.807, 2.05) is 24.3 Å². The number of halogens is 2. The van der Waals surface area contributed by atoms with Gasteiger partial charge in [-0.15, -0.1) is 0 Å².